The van der Waals surface area contributed by atoms with Crippen molar-refractivity contribution < 1.29 is 18.5 Å². The zero-order chi connectivity index (χ0) is 18.0. The summed E-state index contributed by atoms with van der Waals surface area (Å²) in [6, 6.07) is 0. The number of rotatable bonds is 6. The van der Waals surface area contributed by atoms with E-state index >= 15 is 0 Å². The molecule has 1 N–H and O–H groups in total. The van der Waals surface area contributed by atoms with Crippen molar-refractivity contribution in [2.75, 3.05) is 0 Å². The molecule has 24 heavy (non-hydrogen) atoms. The first-order valence-electron chi connectivity index (χ1n) is 6.96. The molecule has 0 saturated heterocycles. The molecule has 0 fully saturated rings. The molecule has 0 radical (unpaired) electrons. The summed E-state index contributed by atoms with van der Waals surface area (Å²) in [7, 11) is 1.75. The molecule has 9 nitrogen and oxygen atoms in total. The van der Waals surface area contributed by atoms with Gasteiger partial charge >= 0.3 is 5.69 Å². The highest BCUT2D eigenvalue weighted by atomic mass is 19.3. The van der Waals surface area contributed by atoms with Crippen LogP contribution < -0.4 is 5.32 Å². The molecule has 2 aromatic heterocycles. The molecule has 2 aromatic rings. The maximum atomic E-state index is 12.8. The Balaban J connectivity index is 2.10. The topological polar surface area (TPSA) is 108 Å². The predicted molar refractivity (Wildman–Crippen MR) is 78.4 cm³/mol. The number of alkyl halides is 2. The number of nitrogens with zero attached hydrogens (tertiary/aromatic N) is 5. The number of nitro groups is 1. The van der Waals surface area contributed by atoms with Gasteiger partial charge in [-0.15, -0.1) is 0 Å². The Morgan fingerprint density at radius 1 is 1.42 bits per heavy atom. The average Bonchev–Trinajstić information content (AvgIpc) is 2.97. The summed E-state index contributed by atoms with van der Waals surface area (Å²) in [6.07, 6.45) is -1.35. The van der Waals surface area contributed by atoms with Crippen LogP contribution >= 0.6 is 0 Å². The predicted octanol–water partition coefficient (Wildman–Crippen LogP) is 1.40. The second-order valence-corrected chi connectivity index (χ2v) is 5.22. The van der Waals surface area contributed by atoms with Crippen molar-refractivity contribution in [3.8, 4) is 0 Å². The molecule has 1 amide bonds. The summed E-state index contributed by atoms with van der Waals surface area (Å²) in [4.78, 5) is 21.9. The van der Waals surface area contributed by atoms with E-state index in [4.69, 9.17) is 0 Å². The summed E-state index contributed by atoms with van der Waals surface area (Å²) in [5.41, 5.74) is -0.233. The third-order valence-electron chi connectivity index (χ3n) is 3.47. The van der Waals surface area contributed by atoms with Gasteiger partial charge in [0.05, 0.1) is 10.6 Å². The Morgan fingerprint density at radius 3 is 2.54 bits per heavy atom. The van der Waals surface area contributed by atoms with E-state index in [1.165, 1.54) is 6.92 Å². The third kappa shape index (κ3) is 3.55. The van der Waals surface area contributed by atoms with Crippen molar-refractivity contribution in [2.45, 2.75) is 33.4 Å². The van der Waals surface area contributed by atoms with Crippen molar-refractivity contribution >= 4 is 11.6 Å². The third-order valence-corrected chi connectivity index (χ3v) is 3.47. The zero-order valence-corrected chi connectivity index (χ0v) is 13.3. The first-order valence-corrected chi connectivity index (χ1v) is 6.96. The number of carbonyl (C=O) groups is 1. The van der Waals surface area contributed by atoms with E-state index in [0.717, 1.165) is 15.9 Å². The van der Waals surface area contributed by atoms with Gasteiger partial charge in [0.25, 0.3) is 6.43 Å². The van der Waals surface area contributed by atoms with Gasteiger partial charge in [-0.2, -0.15) is 10.2 Å². The van der Waals surface area contributed by atoms with Gasteiger partial charge in [-0.3, -0.25) is 24.3 Å². The van der Waals surface area contributed by atoms with Crippen LogP contribution in [0, 0.1) is 24.0 Å². The molecule has 0 aliphatic carbocycles. The van der Waals surface area contributed by atoms with Crippen LogP contribution in [0.4, 0.5) is 14.5 Å². The number of nitrogens with one attached hydrogen (secondary N) is 1. The molecule has 0 spiro atoms. The lowest BCUT2D eigenvalue weighted by Crippen LogP contribution is -2.28. The molecular formula is C13H16F2N6O3. The monoisotopic (exact) mass is 342 g/mol. The van der Waals surface area contributed by atoms with Gasteiger partial charge in [0.2, 0.25) is 11.6 Å². The average molecular weight is 342 g/mol. The van der Waals surface area contributed by atoms with E-state index < -0.39 is 35.2 Å². The van der Waals surface area contributed by atoms with Crippen molar-refractivity contribution in [1.29, 1.82) is 0 Å². The Hall–Kier alpha value is -2.85. The standard InChI is InChI=1S/C13H16F2N6O3/c1-7-9(5-19(3)17-7)4-16-10(22)6-20-8(2)12(21(23)24)11(18-20)13(14)15/h5,13H,4,6H2,1-3H3,(H,16,22). The smallest absolute Gasteiger partial charge is 0.319 e. The maximum absolute atomic E-state index is 12.8. The Bertz CT molecular complexity index is 783. The van der Waals surface area contributed by atoms with Crippen LogP contribution in [0.3, 0.4) is 0 Å². The second kappa shape index (κ2) is 6.72. The van der Waals surface area contributed by atoms with Gasteiger partial charge in [-0.25, -0.2) is 8.78 Å². The summed E-state index contributed by atoms with van der Waals surface area (Å²) in [5, 5.41) is 21.1. The number of hydrogen-bond donors (Lipinski definition) is 1. The van der Waals surface area contributed by atoms with Crippen LogP contribution in [-0.4, -0.2) is 30.4 Å². The fraction of sp³-hybridized carbons (Fsp3) is 0.462. The van der Waals surface area contributed by atoms with E-state index in [1.807, 2.05) is 0 Å². The highest BCUT2D eigenvalue weighted by Crippen LogP contribution is 2.30. The molecule has 0 unspecified atom stereocenters. The molecule has 11 heteroatoms. The molecule has 0 aliphatic heterocycles. The van der Waals surface area contributed by atoms with Crippen LogP contribution in [0.2, 0.25) is 0 Å². The van der Waals surface area contributed by atoms with Gasteiger partial charge in [0, 0.05) is 25.4 Å². The molecule has 0 saturated carbocycles. The molecule has 0 aromatic carbocycles. The molecular weight excluding hydrogens is 326 g/mol. The quantitative estimate of drug-likeness (QED) is 0.630. The van der Waals surface area contributed by atoms with Crippen molar-refractivity contribution in [2.24, 2.45) is 7.05 Å². The summed E-state index contributed by atoms with van der Waals surface area (Å²) in [6.45, 7) is 2.88. The number of carbonyl (C=O) groups excluding carboxylic acids is 1. The largest absolute Gasteiger partial charge is 0.350 e. The number of amides is 1. The minimum absolute atomic E-state index is 0.0944. The van der Waals surface area contributed by atoms with Crippen molar-refractivity contribution in [3.63, 3.8) is 0 Å². The van der Waals surface area contributed by atoms with Gasteiger partial charge in [0.15, 0.2) is 0 Å². The fourth-order valence-electron chi connectivity index (χ4n) is 2.29. The van der Waals surface area contributed by atoms with Crippen LogP contribution in [0.15, 0.2) is 6.20 Å². The lowest BCUT2D eigenvalue weighted by Gasteiger charge is -2.05. The maximum Gasteiger partial charge on any atom is 0.319 e. The Morgan fingerprint density at radius 2 is 2.08 bits per heavy atom. The van der Waals surface area contributed by atoms with Crippen molar-refractivity contribution in [3.05, 3.63) is 39.0 Å². The van der Waals surface area contributed by atoms with E-state index in [2.05, 4.69) is 15.5 Å². The summed E-state index contributed by atoms with van der Waals surface area (Å²) < 4.78 is 28.2. The molecule has 0 atom stereocenters. The number of hydrogen-bond acceptors (Lipinski definition) is 5. The minimum atomic E-state index is -3.09. The van der Waals surface area contributed by atoms with E-state index in [1.54, 1.807) is 24.9 Å². The SMILES string of the molecule is Cc1nn(C)cc1CNC(=O)Cn1nc(C(F)F)c([N+](=O)[O-])c1C. The lowest BCUT2D eigenvalue weighted by molar-refractivity contribution is -0.386. The second-order valence-electron chi connectivity index (χ2n) is 5.22. The molecule has 130 valence electrons. The minimum Gasteiger partial charge on any atom is -0.350 e. The first-order chi connectivity index (χ1) is 11.2. The van der Waals surface area contributed by atoms with Crippen molar-refractivity contribution in [1.82, 2.24) is 24.9 Å². The van der Waals surface area contributed by atoms with E-state index in [0.29, 0.717) is 0 Å². The van der Waals surface area contributed by atoms with Crippen LogP contribution in [-0.2, 0) is 24.9 Å². The van der Waals surface area contributed by atoms with E-state index in [9.17, 15) is 23.7 Å². The zero-order valence-electron chi connectivity index (χ0n) is 13.3. The lowest BCUT2D eigenvalue weighted by atomic mass is 10.2. The first kappa shape index (κ1) is 17.5. The normalized spacial score (nSPS) is 11.1. The van der Waals surface area contributed by atoms with Gasteiger partial charge in [0.1, 0.15) is 12.2 Å². The highest BCUT2D eigenvalue weighted by molar-refractivity contribution is 5.75. The number of halogens is 2. The molecule has 0 aliphatic rings. The molecule has 2 rings (SSSR count). The number of aromatic nitrogens is 4. The van der Waals surface area contributed by atoms with Crippen LogP contribution in [0.1, 0.15) is 29.1 Å². The van der Waals surface area contributed by atoms with E-state index in [-0.39, 0.29) is 12.2 Å². The highest BCUT2D eigenvalue weighted by Gasteiger charge is 2.31. The van der Waals surface area contributed by atoms with Crippen LogP contribution in [0.25, 0.3) is 0 Å². The van der Waals surface area contributed by atoms with Crippen LogP contribution in [0.5, 0.6) is 0 Å². The molecule has 0 bridgehead atoms. The summed E-state index contributed by atoms with van der Waals surface area (Å²) in [5.74, 6) is -0.500. The van der Waals surface area contributed by atoms with Gasteiger partial charge in [-0.1, -0.05) is 0 Å². The fourth-order valence-corrected chi connectivity index (χ4v) is 2.29. The summed E-state index contributed by atoms with van der Waals surface area (Å²) >= 11 is 0. The Kier molecular flexibility index (Phi) is 4.90. The van der Waals surface area contributed by atoms with Gasteiger partial charge < -0.3 is 5.32 Å². The molecule has 2 heterocycles. The van der Waals surface area contributed by atoms with Gasteiger partial charge in [-0.05, 0) is 13.8 Å². The number of aryl methyl sites for hydroxylation is 2. The Labute approximate surface area is 135 Å².